The van der Waals surface area contributed by atoms with Crippen molar-refractivity contribution >= 4 is 34.7 Å². The van der Waals surface area contributed by atoms with Crippen molar-refractivity contribution in [2.24, 2.45) is 0 Å². The first-order valence-corrected chi connectivity index (χ1v) is 6.84. The number of benzene rings is 1. The molecular weight excluding hydrogens is 451 g/mol. The van der Waals surface area contributed by atoms with Crippen LogP contribution in [0.3, 0.4) is 0 Å². The van der Waals surface area contributed by atoms with Crippen LogP contribution in [-0.4, -0.2) is 29.6 Å². The molecule has 1 aromatic rings. The van der Waals surface area contributed by atoms with E-state index in [1.165, 1.54) is 0 Å². The number of ether oxygens (including phenoxy) is 2. The topological polar surface area (TPSA) is 50.7 Å². The van der Waals surface area contributed by atoms with Crippen LogP contribution < -0.4 is 5.32 Å². The Labute approximate surface area is 158 Å². The van der Waals surface area contributed by atoms with Crippen LogP contribution in [0.15, 0.2) is 12.1 Å². The minimum atomic E-state index is -0.0942. The summed E-state index contributed by atoms with van der Waals surface area (Å²) in [5.74, 6) is 0. The number of nitrogens with one attached hydrogen (secondary N) is 1. The van der Waals surface area contributed by atoms with Gasteiger partial charge in [-0.05, 0) is 22.9 Å². The van der Waals surface area contributed by atoms with Gasteiger partial charge in [-0.1, -0.05) is 0 Å². The number of halogens is 1. The van der Waals surface area contributed by atoms with E-state index in [0.29, 0.717) is 34.7 Å². The number of rotatable bonds is 3. The van der Waals surface area contributed by atoms with Crippen LogP contribution in [0.4, 0.5) is 5.69 Å². The number of anilines is 1. The van der Waals surface area contributed by atoms with E-state index in [1.54, 1.807) is 12.1 Å². The molecule has 0 amide bonds. The fraction of sp³-hybridized carbons (Fsp3) is 0.462. The van der Waals surface area contributed by atoms with Gasteiger partial charge >= 0.3 is 0 Å². The van der Waals surface area contributed by atoms with E-state index >= 15 is 0 Å². The molecule has 1 aromatic carbocycles. The third kappa shape index (κ3) is 5.64. The molecule has 115 valence electrons. The van der Waals surface area contributed by atoms with Crippen molar-refractivity contribution in [2.75, 3.05) is 18.5 Å². The Bertz CT molecular complexity index is 455. The molecule has 1 fully saturated rings. The van der Waals surface area contributed by atoms with Crippen LogP contribution in [0.1, 0.15) is 18.4 Å². The van der Waals surface area contributed by atoms with Gasteiger partial charge in [-0.2, -0.15) is 12.1 Å². The van der Waals surface area contributed by atoms with Gasteiger partial charge in [-0.15, -0.1) is 23.2 Å². The van der Waals surface area contributed by atoms with Gasteiger partial charge in [0, 0.05) is 57.2 Å². The second kappa shape index (κ2) is 9.41. The Hall–Kier alpha value is 0.380. The minimum absolute atomic E-state index is 0. The largest absolute Gasteiger partial charge is 0.468 e. The second-order valence-corrected chi connectivity index (χ2v) is 4.96. The molecule has 0 spiro atoms. The van der Waals surface area contributed by atoms with Gasteiger partial charge in [0.15, 0.2) is 0 Å². The zero-order valence-electron chi connectivity index (χ0n) is 10.6. The normalized spacial score (nSPS) is 15.3. The molecule has 7 heteroatoms. The Morgan fingerprint density at radius 1 is 1.50 bits per heavy atom. The predicted molar refractivity (Wildman–Crippen MR) is 77.4 cm³/mol. The van der Waals surface area contributed by atoms with Gasteiger partial charge in [0.1, 0.15) is 6.10 Å². The van der Waals surface area contributed by atoms with Gasteiger partial charge in [-0.25, -0.2) is 0 Å². The van der Waals surface area contributed by atoms with Gasteiger partial charge in [0.05, 0.1) is 13.2 Å². The van der Waals surface area contributed by atoms with Crippen molar-refractivity contribution in [2.45, 2.75) is 25.6 Å². The maximum Gasteiger partial charge on any atom is 0.250 e. The van der Waals surface area contributed by atoms with E-state index in [0.717, 1.165) is 12.8 Å². The van der Waals surface area contributed by atoms with E-state index in [2.05, 4.69) is 11.4 Å². The molecule has 4 nitrogen and oxygen atoms in total. The first-order valence-electron chi connectivity index (χ1n) is 6.06. The molecule has 0 unspecified atom stereocenters. The van der Waals surface area contributed by atoms with E-state index in [4.69, 9.17) is 38.4 Å². The molecule has 1 heterocycles. The van der Waals surface area contributed by atoms with Crippen molar-refractivity contribution in [1.82, 2.24) is 0 Å². The molecule has 2 N–H and O–H groups in total. The molecule has 2 rings (SSSR count). The summed E-state index contributed by atoms with van der Waals surface area (Å²) in [6.45, 7) is 1.31. The molecule has 20 heavy (non-hydrogen) atoms. The first-order chi connectivity index (χ1) is 9.19. The fourth-order valence-corrected chi connectivity index (χ4v) is 2.26. The maximum atomic E-state index is 8.98. The molecule has 0 aliphatic carbocycles. The molecule has 1 saturated heterocycles. The third-order valence-electron chi connectivity index (χ3n) is 2.81. The zero-order valence-corrected chi connectivity index (χ0v) is 14.1. The van der Waals surface area contributed by atoms with Gasteiger partial charge < -0.3 is 19.9 Å². The van der Waals surface area contributed by atoms with Gasteiger partial charge in [0.2, 0.25) is 5.17 Å². The fourth-order valence-electron chi connectivity index (χ4n) is 1.78. The molecule has 0 aromatic heterocycles. The summed E-state index contributed by atoms with van der Waals surface area (Å²) >= 11 is 11.2. The minimum Gasteiger partial charge on any atom is -0.468 e. The number of thiocarbonyl (C=S) groups is 1. The third-order valence-corrected chi connectivity index (χ3v) is 3.30. The molecule has 0 saturated carbocycles. The Morgan fingerprint density at radius 3 is 2.80 bits per heavy atom. The van der Waals surface area contributed by atoms with Crippen LogP contribution in [0.25, 0.3) is 0 Å². The summed E-state index contributed by atoms with van der Waals surface area (Å²) in [5, 5.41) is 12.6. The molecule has 1 aliphatic heterocycles. The summed E-state index contributed by atoms with van der Waals surface area (Å²) < 4.78 is 10.9. The van der Waals surface area contributed by atoms with Crippen LogP contribution in [0.2, 0.25) is 5.02 Å². The Balaban J connectivity index is 0.00000200. The quantitative estimate of drug-likeness (QED) is 0.408. The molecular formula is C13H15ClHoNO3S-. The zero-order chi connectivity index (χ0) is 13.7. The van der Waals surface area contributed by atoms with Gasteiger partial charge in [0.25, 0.3) is 0 Å². The van der Waals surface area contributed by atoms with E-state index in [1.807, 2.05) is 0 Å². The van der Waals surface area contributed by atoms with Crippen molar-refractivity contribution in [3.63, 3.8) is 0 Å². The number of hydrogen-bond acceptors (Lipinski definition) is 4. The maximum absolute atomic E-state index is 8.98. The monoisotopic (exact) mass is 465 g/mol. The number of aliphatic hydroxyl groups excluding tert-OH is 1. The summed E-state index contributed by atoms with van der Waals surface area (Å²) in [4.78, 5) is 0. The smallest absolute Gasteiger partial charge is 0.250 e. The predicted octanol–water partition coefficient (Wildman–Crippen LogP) is 2.52. The molecule has 1 aliphatic rings. The number of hydrogen-bond donors (Lipinski definition) is 2. The summed E-state index contributed by atoms with van der Waals surface area (Å²) in [6, 6.07) is 6.32. The van der Waals surface area contributed by atoms with Crippen LogP contribution in [0, 0.1) is 43.8 Å². The number of aliphatic hydroxyl groups is 1. The van der Waals surface area contributed by atoms with E-state index in [9.17, 15) is 0 Å². The molecule has 1 radical (unpaired) electrons. The van der Waals surface area contributed by atoms with Crippen molar-refractivity contribution in [1.29, 1.82) is 0 Å². The van der Waals surface area contributed by atoms with E-state index < -0.39 is 0 Å². The summed E-state index contributed by atoms with van der Waals surface area (Å²) in [6.07, 6.45) is 1.77. The summed E-state index contributed by atoms with van der Waals surface area (Å²) in [7, 11) is 0. The molecule has 0 bridgehead atoms. The Morgan fingerprint density at radius 2 is 2.20 bits per heavy atom. The van der Waals surface area contributed by atoms with Crippen molar-refractivity contribution in [3.05, 3.63) is 28.8 Å². The average Bonchev–Trinajstić information content (AvgIpc) is 2.42. The average molecular weight is 466 g/mol. The van der Waals surface area contributed by atoms with Crippen LogP contribution in [-0.2, 0) is 16.1 Å². The van der Waals surface area contributed by atoms with Crippen LogP contribution in [0.5, 0.6) is 0 Å². The van der Waals surface area contributed by atoms with Crippen molar-refractivity contribution in [3.8, 4) is 0 Å². The summed E-state index contributed by atoms with van der Waals surface area (Å²) in [5.41, 5.74) is 1.25. The Kier molecular flexibility index (Phi) is 8.67. The second-order valence-electron chi connectivity index (χ2n) is 4.21. The molecule has 0 atom stereocenters. The van der Waals surface area contributed by atoms with E-state index in [-0.39, 0.29) is 50.4 Å². The standard InChI is InChI=1S/C13H15ClNO3S.Ho/c14-11-7-9(8-16)1-2-12(11)15-13(19)18-10-3-5-17-6-4-10;/h1-2,10,16H,3-6,8H2,(H,15,19);/q-1;. The SMILES string of the molecule is OCc1[c-]c(Cl)c(NC(=S)OC2CCOCC2)cc1.[Ho]. The van der Waals surface area contributed by atoms with Crippen LogP contribution >= 0.6 is 23.8 Å². The first kappa shape index (κ1) is 18.4. The van der Waals surface area contributed by atoms with Gasteiger partial charge in [-0.3, -0.25) is 0 Å². The van der Waals surface area contributed by atoms with Crippen molar-refractivity contribution < 1.29 is 52.3 Å².